The van der Waals surface area contributed by atoms with E-state index in [9.17, 15) is 8.78 Å². The fraction of sp³-hybridized carbons (Fsp3) is 0.886. The van der Waals surface area contributed by atoms with Gasteiger partial charge in [-0.05, 0) is 113 Å². The summed E-state index contributed by atoms with van der Waals surface area (Å²) in [6, 6.07) is 0. The molecule has 4 rings (SSSR count). The second kappa shape index (κ2) is 16.5. The predicted octanol–water partition coefficient (Wildman–Crippen LogP) is 11.3. The number of hydrogen-bond donors (Lipinski definition) is 0. The second-order valence-corrected chi connectivity index (χ2v) is 13.8. The second-order valence-electron chi connectivity index (χ2n) is 13.8. The van der Waals surface area contributed by atoms with Crippen molar-refractivity contribution >= 4 is 0 Å². The summed E-state index contributed by atoms with van der Waals surface area (Å²) < 4.78 is 30.7. The standard InChI is InChI=1S/C35H58F2O/c1-2-7-30-18-25-34(38-26-30)33-23-16-29(17-24-33)9-4-3-8-27-12-19-31(20-13-27)32-21-14-28(15-22-32)10-5-6-11-35(36)37/h2,7,11,27-34H,3-6,8-10,12-26H2,1H3. The number of rotatable bonds is 12. The third-order valence-corrected chi connectivity index (χ3v) is 11.3. The highest BCUT2D eigenvalue weighted by molar-refractivity contribution is 4.90. The molecule has 4 fully saturated rings. The smallest absolute Gasteiger partial charge is 0.266 e. The average molecular weight is 533 g/mol. The molecule has 1 aliphatic heterocycles. The summed E-state index contributed by atoms with van der Waals surface area (Å²) in [7, 11) is 0. The molecule has 0 aromatic heterocycles. The lowest BCUT2D eigenvalue weighted by Gasteiger charge is -2.38. The van der Waals surface area contributed by atoms with Crippen molar-refractivity contribution in [2.75, 3.05) is 6.61 Å². The van der Waals surface area contributed by atoms with Crippen molar-refractivity contribution in [3.8, 4) is 0 Å². The molecule has 0 amide bonds. The van der Waals surface area contributed by atoms with Gasteiger partial charge in [0.2, 0.25) is 0 Å². The van der Waals surface area contributed by atoms with Crippen molar-refractivity contribution in [2.45, 2.75) is 148 Å². The molecule has 0 bridgehead atoms. The molecule has 1 saturated heterocycles. The molecule has 2 atom stereocenters. The average Bonchev–Trinajstić information content (AvgIpc) is 2.95. The largest absolute Gasteiger partial charge is 0.377 e. The summed E-state index contributed by atoms with van der Waals surface area (Å²) in [6.07, 6.45) is 32.9. The Morgan fingerprint density at radius 1 is 0.632 bits per heavy atom. The molecule has 38 heavy (non-hydrogen) atoms. The van der Waals surface area contributed by atoms with E-state index in [1.807, 2.05) is 0 Å². The summed E-state index contributed by atoms with van der Waals surface area (Å²) in [5.41, 5.74) is 0. The van der Waals surface area contributed by atoms with Gasteiger partial charge >= 0.3 is 0 Å². The molecule has 3 saturated carbocycles. The molecule has 0 aromatic rings. The van der Waals surface area contributed by atoms with Gasteiger partial charge in [-0.15, -0.1) is 0 Å². The van der Waals surface area contributed by atoms with Crippen molar-refractivity contribution in [1.82, 2.24) is 0 Å². The summed E-state index contributed by atoms with van der Waals surface area (Å²) in [5.74, 6) is 6.21. The van der Waals surface area contributed by atoms with Gasteiger partial charge in [0.25, 0.3) is 6.08 Å². The molecule has 1 nitrogen and oxygen atoms in total. The van der Waals surface area contributed by atoms with Gasteiger partial charge < -0.3 is 4.74 Å². The molecule has 3 heteroatoms. The van der Waals surface area contributed by atoms with Gasteiger partial charge in [0.1, 0.15) is 0 Å². The van der Waals surface area contributed by atoms with Gasteiger partial charge in [-0.3, -0.25) is 0 Å². The predicted molar refractivity (Wildman–Crippen MR) is 156 cm³/mol. The van der Waals surface area contributed by atoms with Crippen LogP contribution in [0.15, 0.2) is 24.3 Å². The van der Waals surface area contributed by atoms with Crippen molar-refractivity contribution in [3.05, 3.63) is 24.3 Å². The molecule has 0 spiro atoms. The first-order valence-electron chi connectivity index (χ1n) is 16.9. The molecule has 1 heterocycles. The van der Waals surface area contributed by atoms with Crippen LogP contribution >= 0.6 is 0 Å². The maximum atomic E-state index is 12.2. The topological polar surface area (TPSA) is 9.23 Å². The molecule has 0 radical (unpaired) electrons. The van der Waals surface area contributed by atoms with Crippen LogP contribution in [0.3, 0.4) is 0 Å². The van der Waals surface area contributed by atoms with Crippen LogP contribution in [-0.4, -0.2) is 12.7 Å². The van der Waals surface area contributed by atoms with Gasteiger partial charge in [-0.2, -0.15) is 8.78 Å². The van der Waals surface area contributed by atoms with Gasteiger partial charge in [0, 0.05) is 5.92 Å². The van der Waals surface area contributed by atoms with Crippen molar-refractivity contribution in [2.24, 2.45) is 41.4 Å². The Labute approximate surface area is 233 Å². The molecule has 0 N–H and O–H groups in total. The number of halogens is 2. The van der Waals surface area contributed by atoms with E-state index in [0.717, 1.165) is 61.0 Å². The zero-order valence-electron chi connectivity index (χ0n) is 24.6. The lowest BCUT2D eigenvalue weighted by atomic mass is 9.68. The Bertz CT molecular complexity index is 681. The lowest BCUT2D eigenvalue weighted by molar-refractivity contribution is -0.0494. The molecule has 3 aliphatic carbocycles. The highest BCUT2D eigenvalue weighted by Gasteiger charge is 2.32. The van der Waals surface area contributed by atoms with E-state index >= 15 is 0 Å². The van der Waals surface area contributed by atoms with E-state index < -0.39 is 6.08 Å². The minimum absolute atomic E-state index is 0.547. The van der Waals surface area contributed by atoms with Gasteiger partial charge in [0.05, 0.1) is 12.7 Å². The minimum atomic E-state index is -1.51. The van der Waals surface area contributed by atoms with Crippen LogP contribution in [0.4, 0.5) is 8.78 Å². The quantitative estimate of drug-likeness (QED) is 0.179. The van der Waals surface area contributed by atoms with E-state index in [4.69, 9.17) is 4.74 Å². The maximum Gasteiger partial charge on any atom is 0.266 e. The monoisotopic (exact) mass is 532 g/mol. The first-order valence-corrected chi connectivity index (χ1v) is 16.9. The van der Waals surface area contributed by atoms with Crippen LogP contribution in [0.5, 0.6) is 0 Å². The van der Waals surface area contributed by atoms with Gasteiger partial charge in [0.15, 0.2) is 0 Å². The molecule has 2 unspecified atom stereocenters. The zero-order valence-corrected chi connectivity index (χ0v) is 24.6. The van der Waals surface area contributed by atoms with Crippen molar-refractivity contribution in [3.63, 3.8) is 0 Å². The Balaban J connectivity index is 0.998. The summed E-state index contributed by atoms with van der Waals surface area (Å²) >= 11 is 0. The third-order valence-electron chi connectivity index (χ3n) is 11.3. The minimum Gasteiger partial charge on any atom is -0.377 e. The Morgan fingerprint density at radius 3 is 1.58 bits per heavy atom. The summed E-state index contributed by atoms with van der Waals surface area (Å²) in [4.78, 5) is 0. The van der Waals surface area contributed by atoms with Crippen LogP contribution in [0.25, 0.3) is 0 Å². The van der Waals surface area contributed by atoms with E-state index in [0.29, 0.717) is 18.4 Å². The van der Waals surface area contributed by atoms with E-state index in [2.05, 4.69) is 19.1 Å². The first-order chi connectivity index (χ1) is 18.6. The van der Waals surface area contributed by atoms with E-state index in [1.54, 1.807) is 0 Å². The van der Waals surface area contributed by atoms with Crippen LogP contribution in [0.2, 0.25) is 0 Å². The zero-order chi connectivity index (χ0) is 26.6. The van der Waals surface area contributed by atoms with E-state index in [-0.39, 0.29) is 0 Å². The van der Waals surface area contributed by atoms with Crippen LogP contribution < -0.4 is 0 Å². The molecule has 218 valence electrons. The molecular formula is C35H58F2O. The molecule has 4 aliphatic rings. The summed E-state index contributed by atoms with van der Waals surface area (Å²) in [5, 5.41) is 0. The highest BCUT2D eigenvalue weighted by atomic mass is 19.3. The summed E-state index contributed by atoms with van der Waals surface area (Å²) in [6.45, 7) is 3.07. The van der Waals surface area contributed by atoms with Gasteiger partial charge in [-0.1, -0.05) is 82.8 Å². The maximum absolute atomic E-state index is 12.2. The molecular weight excluding hydrogens is 474 g/mol. The number of unbranched alkanes of at least 4 members (excludes halogenated alkanes) is 2. The van der Waals surface area contributed by atoms with E-state index in [1.165, 1.54) is 116 Å². The van der Waals surface area contributed by atoms with Crippen LogP contribution in [0, 0.1) is 41.4 Å². The fourth-order valence-electron chi connectivity index (χ4n) is 8.82. The van der Waals surface area contributed by atoms with Gasteiger partial charge in [-0.25, -0.2) is 0 Å². The Morgan fingerprint density at radius 2 is 1.13 bits per heavy atom. The fourth-order valence-corrected chi connectivity index (χ4v) is 8.82. The Kier molecular flexibility index (Phi) is 13.2. The number of allylic oxidation sites excluding steroid dienone is 2. The number of ether oxygens (including phenoxy) is 1. The SMILES string of the molecule is CC=CC1CCC(C2CCC(CCCCC3CCC(C4CCC(CCCC=C(F)F)CC4)CC3)CC2)OC1. The third kappa shape index (κ3) is 10.0. The number of hydrogen-bond acceptors (Lipinski definition) is 1. The van der Waals surface area contributed by atoms with Crippen LogP contribution in [-0.2, 0) is 4.74 Å². The molecule has 0 aromatic carbocycles. The highest BCUT2D eigenvalue weighted by Crippen LogP contribution is 2.43. The lowest BCUT2D eigenvalue weighted by Crippen LogP contribution is -2.33. The van der Waals surface area contributed by atoms with Crippen molar-refractivity contribution in [1.29, 1.82) is 0 Å². The van der Waals surface area contributed by atoms with Crippen LogP contribution in [0.1, 0.15) is 142 Å². The van der Waals surface area contributed by atoms with Crippen molar-refractivity contribution < 1.29 is 13.5 Å². The Hall–Kier alpha value is -0.700. The first kappa shape index (κ1) is 30.3. The normalized spacial score (nSPS) is 36.8.